The van der Waals surface area contributed by atoms with Gasteiger partial charge in [0.25, 0.3) is 5.56 Å². The second-order valence-corrected chi connectivity index (χ2v) is 10.1. The van der Waals surface area contributed by atoms with Crippen LogP contribution in [0.15, 0.2) is 51.9 Å². The van der Waals surface area contributed by atoms with E-state index in [1.54, 1.807) is 6.26 Å². The lowest BCUT2D eigenvalue weighted by Gasteiger charge is -2.34. The van der Waals surface area contributed by atoms with E-state index in [4.69, 9.17) is 4.42 Å². The topological polar surface area (TPSA) is 92.8 Å². The summed E-state index contributed by atoms with van der Waals surface area (Å²) in [5.41, 5.74) is 2.61. The number of aromatic nitrogens is 5. The van der Waals surface area contributed by atoms with Crippen molar-refractivity contribution in [2.24, 2.45) is 5.92 Å². The number of nitrogens with one attached hydrogen (secondary N) is 1. The van der Waals surface area contributed by atoms with E-state index in [2.05, 4.69) is 39.3 Å². The summed E-state index contributed by atoms with van der Waals surface area (Å²) in [5.74, 6) is 1.94. The maximum atomic E-state index is 13.2. The zero-order valence-corrected chi connectivity index (χ0v) is 20.8. The third-order valence-electron chi connectivity index (χ3n) is 7.21. The van der Waals surface area contributed by atoms with Crippen LogP contribution in [0.4, 0.5) is 0 Å². The van der Waals surface area contributed by atoms with Crippen LogP contribution in [0.3, 0.4) is 0 Å². The Bertz CT molecular complexity index is 1320. The smallest absolute Gasteiger partial charge is 0.252 e. The summed E-state index contributed by atoms with van der Waals surface area (Å²) in [4.78, 5) is 18.5. The Morgan fingerprint density at radius 1 is 1.14 bits per heavy atom. The normalized spacial score (nSPS) is 15.9. The Labute approximate surface area is 205 Å². The predicted molar refractivity (Wildman–Crippen MR) is 135 cm³/mol. The standard InChI is InChI=1S/C27H34N6O2/c1-18(2)25(26-29-30-31-33(26)22-11-5-4-6-12-22)32(17-23-13-8-14-35-23)16-21-15-20-10-7-9-19(3)24(20)28-27(21)34/h7-10,13-15,18,22,25H,4-6,11-12,16-17H2,1-3H3,(H,28,34). The fraction of sp³-hybridized carbons (Fsp3) is 0.481. The van der Waals surface area contributed by atoms with Gasteiger partial charge in [0, 0.05) is 12.1 Å². The molecule has 1 unspecified atom stereocenters. The molecule has 0 spiro atoms. The minimum Gasteiger partial charge on any atom is -0.468 e. The van der Waals surface area contributed by atoms with Gasteiger partial charge in [0.1, 0.15) is 5.76 Å². The first kappa shape index (κ1) is 23.5. The average molecular weight is 475 g/mol. The number of rotatable bonds is 8. The van der Waals surface area contributed by atoms with Crippen LogP contribution in [0.5, 0.6) is 0 Å². The molecule has 1 fully saturated rings. The van der Waals surface area contributed by atoms with Gasteiger partial charge < -0.3 is 9.40 Å². The molecule has 35 heavy (non-hydrogen) atoms. The fourth-order valence-corrected chi connectivity index (χ4v) is 5.48. The molecule has 1 aliphatic carbocycles. The largest absolute Gasteiger partial charge is 0.468 e. The molecule has 8 heteroatoms. The summed E-state index contributed by atoms with van der Waals surface area (Å²) < 4.78 is 7.77. The van der Waals surface area contributed by atoms with E-state index >= 15 is 0 Å². The molecule has 0 radical (unpaired) electrons. The van der Waals surface area contributed by atoms with Gasteiger partial charge in [0.05, 0.1) is 30.4 Å². The lowest BCUT2D eigenvalue weighted by atomic mass is 9.94. The summed E-state index contributed by atoms with van der Waals surface area (Å²) in [6, 6.07) is 12.2. The quantitative estimate of drug-likeness (QED) is 0.371. The van der Waals surface area contributed by atoms with E-state index in [9.17, 15) is 4.79 Å². The molecule has 0 aliphatic heterocycles. The van der Waals surface area contributed by atoms with E-state index in [0.29, 0.717) is 19.1 Å². The highest BCUT2D eigenvalue weighted by molar-refractivity contribution is 5.81. The van der Waals surface area contributed by atoms with Crippen LogP contribution in [-0.4, -0.2) is 30.1 Å². The Kier molecular flexibility index (Phi) is 6.81. The van der Waals surface area contributed by atoms with E-state index in [0.717, 1.165) is 46.5 Å². The number of benzene rings is 1. The van der Waals surface area contributed by atoms with Crippen LogP contribution in [0.2, 0.25) is 0 Å². The van der Waals surface area contributed by atoms with Crippen molar-refractivity contribution in [2.45, 2.75) is 78.0 Å². The number of para-hydroxylation sites is 1. The molecule has 0 saturated heterocycles. The number of tetrazole rings is 1. The SMILES string of the molecule is Cc1cccc2cc(CN(Cc3ccco3)C(c3nnnn3C3CCCCC3)C(C)C)c(=O)[nH]c12. The number of aromatic amines is 1. The number of fused-ring (bicyclic) bond motifs is 1. The third kappa shape index (κ3) is 4.93. The van der Waals surface area contributed by atoms with Crippen molar-refractivity contribution in [1.29, 1.82) is 0 Å². The van der Waals surface area contributed by atoms with Gasteiger partial charge in [-0.1, -0.05) is 51.3 Å². The molecular formula is C27H34N6O2. The van der Waals surface area contributed by atoms with Crippen molar-refractivity contribution in [3.05, 3.63) is 75.7 Å². The highest BCUT2D eigenvalue weighted by Gasteiger charge is 2.32. The van der Waals surface area contributed by atoms with Gasteiger partial charge in [-0.3, -0.25) is 9.69 Å². The summed E-state index contributed by atoms with van der Waals surface area (Å²) in [6.45, 7) is 7.40. The highest BCUT2D eigenvalue weighted by atomic mass is 16.3. The first-order valence-corrected chi connectivity index (χ1v) is 12.7. The van der Waals surface area contributed by atoms with E-state index < -0.39 is 0 Å². The maximum Gasteiger partial charge on any atom is 0.252 e. The molecule has 1 saturated carbocycles. The van der Waals surface area contributed by atoms with Gasteiger partial charge in [-0.2, -0.15) is 0 Å². The second kappa shape index (κ2) is 10.2. The van der Waals surface area contributed by atoms with Gasteiger partial charge in [-0.25, -0.2) is 4.68 Å². The lowest BCUT2D eigenvalue weighted by Crippen LogP contribution is -2.36. The number of hydrogen-bond donors (Lipinski definition) is 1. The molecule has 8 nitrogen and oxygen atoms in total. The van der Waals surface area contributed by atoms with E-state index in [1.165, 1.54) is 19.3 Å². The first-order chi connectivity index (χ1) is 17.0. The number of H-pyrrole nitrogens is 1. The van der Waals surface area contributed by atoms with Gasteiger partial charge >= 0.3 is 0 Å². The highest BCUT2D eigenvalue weighted by Crippen LogP contribution is 2.34. The molecular weight excluding hydrogens is 440 g/mol. The number of aryl methyl sites for hydroxylation is 1. The van der Waals surface area contributed by atoms with Gasteiger partial charge in [-0.05, 0) is 65.3 Å². The van der Waals surface area contributed by atoms with Crippen LogP contribution in [0, 0.1) is 12.8 Å². The Morgan fingerprint density at radius 3 is 2.71 bits per heavy atom. The Hall–Kier alpha value is -3.26. The summed E-state index contributed by atoms with van der Waals surface area (Å²) in [6.07, 6.45) is 7.58. The van der Waals surface area contributed by atoms with E-state index in [1.807, 2.05) is 48.0 Å². The van der Waals surface area contributed by atoms with Crippen LogP contribution in [0.1, 0.15) is 80.7 Å². The molecule has 1 aliphatic rings. The summed E-state index contributed by atoms with van der Waals surface area (Å²) in [5, 5.41) is 14.1. The molecule has 1 atom stereocenters. The lowest BCUT2D eigenvalue weighted by molar-refractivity contribution is 0.112. The molecule has 184 valence electrons. The van der Waals surface area contributed by atoms with Crippen LogP contribution in [0.25, 0.3) is 10.9 Å². The molecule has 0 bridgehead atoms. The molecule has 0 amide bonds. The van der Waals surface area contributed by atoms with E-state index in [-0.39, 0.29) is 17.5 Å². The van der Waals surface area contributed by atoms with Crippen LogP contribution in [-0.2, 0) is 13.1 Å². The van der Waals surface area contributed by atoms with Gasteiger partial charge in [-0.15, -0.1) is 5.10 Å². The minimum absolute atomic E-state index is 0.0642. The summed E-state index contributed by atoms with van der Waals surface area (Å²) >= 11 is 0. The van der Waals surface area contributed by atoms with Gasteiger partial charge in [0.2, 0.25) is 0 Å². The monoisotopic (exact) mass is 474 g/mol. The van der Waals surface area contributed by atoms with Crippen molar-refractivity contribution >= 4 is 10.9 Å². The number of nitrogens with zero attached hydrogens (tertiary/aromatic N) is 5. The van der Waals surface area contributed by atoms with Crippen molar-refractivity contribution < 1.29 is 4.42 Å². The number of pyridine rings is 1. The minimum atomic E-state index is -0.0790. The Balaban J connectivity index is 1.54. The molecule has 4 aromatic rings. The zero-order chi connectivity index (χ0) is 24.4. The fourth-order valence-electron chi connectivity index (χ4n) is 5.48. The third-order valence-corrected chi connectivity index (χ3v) is 7.21. The molecule has 1 N–H and O–H groups in total. The van der Waals surface area contributed by atoms with Crippen LogP contribution < -0.4 is 5.56 Å². The molecule has 5 rings (SSSR count). The Morgan fingerprint density at radius 2 is 1.97 bits per heavy atom. The molecule has 3 heterocycles. The van der Waals surface area contributed by atoms with Crippen molar-refractivity contribution in [1.82, 2.24) is 30.1 Å². The zero-order valence-electron chi connectivity index (χ0n) is 20.8. The van der Waals surface area contributed by atoms with Crippen molar-refractivity contribution in [3.8, 4) is 0 Å². The summed E-state index contributed by atoms with van der Waals surface area (Å²) in [7, 11) is 0. The van der Waals surface area contributed by atoms with Crippen molar-refractivity contribution in [2.75, 3.05) is 0 Å². The van der Waals surface area contributed by atoms with Crippen molar-refractivity contribution in [3.63, 3.8) is 0 Å². The number of hydrogen-bond acceptors (Lipinski definition) is 6. The molecule has 3 aromatic heterocycles. The van der Waals surface area contributed by atoms with Gasteiger partial charge in [0.15, 0.2) is 5.82 Å². The maximum absolute atomic E-state index is 13.2. The van der Waals surface area contributed by atoms with Crippen LogP contribution >= 0.6 is 0 Å². The molecule has 1 aromatic carbocycles. The predicted octanol–water partition coefficient (Wildman–Crippen LogP) is 5.32. The average Bonchev–Trinajstić information content (AvgIpc) is 3.53. The second-order valence-electron chi connectivity index (χ2n) is 10.1. The number of furan rings is 1. The first-order valence-electron chi connectivity index (χ1n) is 12.7.